The molecule has 4 nitrogen and oxygen atoms in total. The first kappa shape index (κ1) is 16.9. The van der Waals surface area contributed by atoms with E-state index in [1.165, 1.54) is 17.8 Å². The Balaban J connectivity index is 1.56. The van der Waals surface area contributed by atoms with Gasteiger partial charge >= 0.3 is 5.97 Å². The van der Waals surface area contributed by atoms with Crippen LogP contribution in [0.15, 0.2) is 59.1 Å². The van der Waals surface area contributed by atoms with Gasteiger partial charge < -0.3 is 9.15 Å². The highest BCUT2D eigenvalue weighted by atomic mass is 19.1. The van der Waals surface area contributed by atoms with Crippen molar-refractivity contribution in [3.05, 3.63) is 72.0 Å². The lowest BCUT2D eigenvalue weighted by Gasteiger charge is -2.04. The number of carbonyl (C=O) groups excluding carboxylic acids is 1. The molecule has 0 N–H and O–H groups in total. The monoisotopic (exact) mass is 339 g/mol. The summed E-state index contributed by atoms with van der Waals surface area (Å²) in [4.78, 5) is 16.0. The molecule has 0 bridgehead atoms. The van der Waals surface area contributed by atoms with Crippen LogP contribution in [0.4, 0.5) is 4.39 Å². The molecule has 3 aromatic rings. The summed E-state index contributed by atoms with van der Waals surface area (Å²) in [6.45, 7) is 2.06. The smallest absolute Gasteiger partial charge is 0.311 e. The maximum atomic E-state index is 13.7. The zero-order valence-electron chi connectivity index (χ0n) is 13.9. The van der Waals surface area contributed by atoms with Crippen LogP contribution in [0.25, 0.3) is 11.3 Å². The number of hydrogen-bond donors (Lipinski definition) is 0. The van der Waals surface area contributed by atoms with Gasteiger partial charge in [0, 0.05) is 6.42 Å². The highest BCUT2D eigenvalue weighted by Crippen LogP contribution is 2.23. The zero-order chi connectivity index (χ0) is 17.6. The van der Waals surface area contributed by atoms with Gasteiger partial charge in [0.2, 0.25) is 0 Å². The SMILES string of the molecule is CCc1ccc(OC(=O)CCc2ncc(-c3ccccc3F)o2)cc1. The fourth-order valence-corrected chi connectivity index (χ4v) is 2.40. The van der Waals surface area contributed by atoms with Crippen molar-refractivity contribution in [3.8, 4) is 17.1 Å². The van der Waals surface area contributed by atoms with Gasteiger partial charge in [0.1, 0.15) is 11.6 Å². The fourth-order valence-electron chi connectivity index (χ4n) is 2.40. The number of ether oxygens (including phenoxy) is 1. The van der Waals surface area contributed by atoms with Crippen molar-refractivity contribution >= 4 is 5.97 Å². The molecular formula is C20H18FNO3. The van der Waals surface area contributed by atoms with Gasteiger partial charge in [-0.1, -0.05) is 31.2 Å². The van der Waals surface area contributed by atoms with E-state index in [1.54, 1.807) is 30.3 Å². The number of nitrogens with zero attached hydrogens (tertiary/aromatic N) is 1. The molecule has 0 fully saturated rings. The molecule has 25 heavy (non-hydrogen) atoms. The average Bonchev–Trinajstić information content (AvgIpc) is 3.10. The Morgan fingerprint density at radius 3 is 2.64 bits per heavy atom. The first-order valence-electron chi connectivity index (χ1n) is 8.15. The highest BCUT2D eigenvalue weighted by Gasteiger charge is 2.12. The summed E-state index contributed by atoms with van der Waals surface area (Å²) in [5.74, 6) is 0.491. The number of carbonyl (C=O) groups is 1. The quantitative estimate of drug-likeness (QED) is 0.487. The summed E-state index contributed by atoms with van der Waals surface area (Å²) < 4.78 is 24.5. The Morgan fingerprint density at radius 2 is 1.92 bits per heavy atom. The molecule has 0 radical (unpaired) electrons. The van der Waals surface area contributed by atoms with Crippen molar-refractivity contribution in [2.75, 3.05) is 0 Å². The second kappa shape index (κ2) is 7.75. The third-order valence-corrected chi connectivity index (χ3v) is 3.80. The maximum Gasteiger partial charge on any atom is 0.311 e. The maximum absolute atomic E-state index is 13.7. The number of esters is 1. The minimum atomic E-state index is -0.375. The van der Waals surface area contributed by atoms with Gasteiger partial charge in [-0.15, -0.1) is 0 Å². The Kier molecular flexibility index (Phi) is 5.23. The standard InChI is InChI=1S/C20H18FNO3/c1-2-14-7-9-15(10-8-14)24-20(23)12-11-19-22-13-18(25-19)16-5-3-4-6-17(16)21/h3-10,13H,2,11-12H2,1H3. The Morgan fingerprint density at radius 1 is 1.16 bits per heavy atom. The average molecular weight is 339 g/mol. The molecule has 3 rings (SSSR count). The number of benzene rings is 2. The Bertz CT molecular complexity index is 855. The predicted molar refractivity (Wildman–Crippen MR) is 91.7 cm³/mol. The molecule has 0 saturated heterocycles. The summed E-state index contributed by atoms with van der Waals surface area (Å²) in [6, 6.07) is 13.7. The van der Waals surface area contributed by atoms with Crippen molar-refractivity contribution in [2.45, 2.75) is 26.2 Å². The molecule has 5 heteroatoms. The van der Waals surface area contributed by atoms with Gasteiger partial charge in [-0.2, -0.15) is 0 Å². The van der Waals surface area contributed by atoms with Crippen molar-refractivity contribution in [3.63, 3.8) is 0 Å². The van der Waals surface area contributed by atoms with Crippen molar-refractivity contribution in [1.82, 2.24) is 4.98 Å². The fraction of sp³-hybridized carbons (Fsp3) is 0.200. The van der Waals surface area contributed by atoms with E-state index in [1.807, 2.05) is 12.1 Å². The lowest BCUT2D eigenvalue weighted by atomic mass is 10.2. The number of aryl methyl sites for hydroxylation is 2. The first-order valence-corrected chi connectivity index (χ1v) is 8.15. The second-order valence-electron chi connectivity index (χ2n) is 5.57. The van der Waals surface area contributed by atoms with Gasteiger partial charge in [-0.3, -0.25) is 4.79 Å². The summed E-state index contributed by atoms with van der Waals surface area (Å²) in [7, 11) is 0. The van der Waals surface area contributed by atoms with Crippen LogP contribution in [-0.2, 0) is 17.6 Å². The third kappa shape index (κ3) is 4.32. The van der Waals surface area contributed by atoms with Gasteiger partial charge in [-0.25, -0.2) is 9.37 Å². The van der Waals surface area contributed by atoms with E-state index in [0.29, 0.717) is 29.4 Å². The highest BCUT2D eigenvalue weighted by molar-refractivity contribution is 5.72. The summed E-state index contributed by atoms with van der Waals surface area (Å²) in [5, 5.41) is 0. The molecule has 0 unspecified atom stereocenters. The number of halogens is 1. The van der Waals surface area contributed by atoms with Crippen LogP contribution in [-0.4, -0.2) is 11.0 Å². The largest absolute Gasteiger partial charge is 0.441 e. The van der Waals surface area contributed by atoms with E-state index in [0.717, 1.165) is 6.42 Å². The Hall–Kier alpha value is -2.95. The number of oxazole rings is 1. The van der Waals surface area contributed by atoms with E-state index in [-0.39, 0.29) is 18.2 Å². The molecule has 128 valence electrons. The van der Waals surface area contributed by atoms with Gasteiger partial charge in [0.05, 0.1) is 18.2 Å². The van der Waals surface area contributed by atoms with Crippen LogP contribution in [0.3, 0.4) is 0 Å². The molecule has 0 aliphatic heterocycles. The molecule has 0 saturated carbocycles. The summed E-state index contributed by atoms with van der Waals surface area (Å²) in [5.41, 5.74) is 1.53. The normalized spacial score (nSPS) is 10.6. The molecular weight excluding hydrogens is 321 g/mol. The van der Waals surface area contributed by atoms with E-state index in [9.17, 15) is 9.18 Å². The lowest BCUT2D eigenvalue weighted by Crippen LogP contribution is -2.09. The molecule has 0 amide bonds. The number of aromatic nitrogens is 1. The lowest BCUT2D eigenvalue weighted by molar-refractivity contribution is -0.134. The topological polar surface area (TPSA) is 52.3 Å². The van der Waals surface area contributed by atoms with Crippen LogP contribution in [0, 0.1) is 5.82 Å². The van der Waals surface area contributed by atoms with E-state index in [4.69, 9.17) is 9.15 Å². The number of rotatable bonds is 6. The molecule has 0 spiro atoms. The third-order valence-electron chi connectivity index (χ3n) is 3.80. The molecule has 0 aliphatic carbocycles. The second-order valence-corrected chi connectivity index (χ2v) is 5.57. The van der Waals surface area contributed by atoms with E-state index >= 15 is 0 Å². The van der Waals surface area contributed by atoms with Crippen molar-refractivity contribution < 1.29 is 18.3 Å². The minimum Gasteiger partial charge on any atom is -0.441 e. The van der Waals surface area contributed by atoms with E-state index < -0.39 is 0 Å². The van der Waals surface area contributed by atoms with Gasteiger partial charge in [0.15, 0.2) is 11.7 Å². The van der Waals surface area contributed by atoms with Crippen LogP contribution < -0.4 is 4.74 Å². The molecule has 2 aromatic carbocycles. The van der Waals surface area contributed by atoms with E-state index in [2.05, 4.69) is 11.9 Å². The summed E-state index contributed by atoms with van der Waals surface area (Å²) >= 11 is 0. The van der Waals surface area contributed by atoms with Crippen molar-refractivity contribution in [1.29, 1.82) is 0 Å². The Labute approximate surface area is 145 Å². The summed E-state index contributed by atoms with van der Waals surface area (Å²) in [6.07, 6.45) is 2.82. The van der Waals surface area contributed by atoms with Crippen LogP contribution in [0.2, 0.25) is 0 Å². The number of hydrogen-bond acceptors (Lipinski definition) is 4. The van der Waals surface area contributed by atoms with Crippen LogP contribution >= 0.6 is 0 Å². The van der Waals surface area contributed by atoms with Crippen LogP contribution in [0.5, 0.6) is 5.75 Å². The van der Waals surface area contributed by atoms with Crippen molar-refractivity contribution in [2.24, 2.45) is 0 Å². The molecule has 1 aromatic heterocycles. The van der Waals surface area contributed by atoms with Gasteiger partial charge in [-0.05, 0) is 36.2 Å². The van der Waals surface area contributed by atoms with Crippen LogP contribution in [0.1, 0.15) is 24.8 Å². The zero-order valence-corrected chi connectivity index (χ0v) is 13.9. The molecule has 0 aliphatic rings. The molecule has 1 heterocycles. The minimum absolute atomic E-state index is 0.132. The predicted octanol–water partition coefficient (Wildman–Crippen LogP) is 4.58. The van der Waals surface area contributed by atoms with Gasteiger partial charge in [0.25, 0.3) is 0 Å². The first-order chi connectivity index (χ1) is 12.2. The molecule has 0 atom stereocenters.